The number of rotatable bonds is 4. The molecule has 1 aromatic heterocycles. The molecule has 5 rings (SSSR count). The average molecular weight is 402 g/mol. The molecule has 0 saturated carbocycles. The van der Waals surface area contributed by atoms with E-state index in [1.807, 2.05) is 48.5 Å². The van der Waals surface area contributed by atoms with Crippen molar-refractivity contribution in [3.8, 4) is 22.9 Å². The molecule has 0 bridgehead atoms. The number of benzene rings is 2. The number of nitrogens with zero attached hydrogens (tertiary/aromatic N) is 3. The number of Topliss-reactive ketones (excluding diaryl/α,β-unsaturated/α-hetero) is 1. The first-order valence-electron chi connectivity index (χ1n) is 9.96. The molecular weight excluding hydrogens is 380 g/mol. The number of hydrogen-bond donors (Lipinski definition) is 1. The number of carbonyl (C=O) groups excluding carboxylic acids is 1. The van der Waals surface area contributed by atoms with E-state index in [1.165, 1.54) is 0 Å². The maximum absolute atomic E-state index is 13.0. The molecule has 0 unspecified atom stereocenters. The zero-order chi connectivity index (χ0) is 20.7. The van der Waals surface area contributed by atoms with Crippen LogP contribution in [0.2, 0.25) is 0 Å². The van der Waals surface area contributed by atoms with Gasteiger partial charge in [0.1, 0.15) is 17.5 Å². The largest absolute Gasteiger partial charge is 0.497 e. The van der Waals surface area contributed by atoms with E-state index in [9.17, 15) is 4.79 Å². The van der Waals surface area contributed by atoms with E-state index in [2.05, 4.69) is 5.32 Å². The van der Waals surface area contributed by atoms with Crippen molar-refractivity contribution >= 4 is 11.7 Å². The molecule has 0 spiro atoms. The normalized spacial score (nSPS) is 17.8. The number of nitrogens with one attached hydrogen (secondary N) is 1. The van der Waals surface area contributed by atoms with Crippen LogP contribution in [0.5, 0.6) is 11.5 Å². The number of methoxy groups -OCH3 is 2. The molecule has 152 valence electrons. The third kappa shape index (κ3) is 2.94. The summed E-state index contributed by atoms with van der Waals surface area (Å²) in [6.07, 6.45) is 2.20. The average Bonchev–Trinajstić information content (AvgIpc) is 3.21. The van der Waals surface area contributed by atoms with Crippen LogP contribution in [0.15, 0.2) is 59.8 Å². The number of aromatic nitrogens is 3. The molecule has 2 aliphatic rings. The minimum absolute atomic E-state index is 0.145. The van der Waals surface area contributed by atoms with E-state index in [0.717, 1.165) is 46.7 Å². The van der Waals surface area contributed by atoms with Crippen molar-refractivity contribution < 1.29 is 14.3 Å². The quantitative estimate of drug-likeness (QED) is 0.711. The van der Waals surface area contributed by atoms with E-state index in [4.69, 9.17) is 19.6 Å². The Balaban J connectivity index is 1.67. The van der Waals surface area contributed by atoms with Gasteiger partial charge in [-0.15, -0.1) is 5.10 Å². The van der Waals surface area contributed by atoms with Crippen LogP contribution in [0, 0.1) is 0 Å². The second kappa shape index (κ2) is 7.33. The minimum Gasteiger partial charge on any atom is -0.497 e. The Labute approximate surface area is 174 Å². The van der Waals surface area contributed by atoms with Crippen LogP contribution in [0.4, 0.5) is 5.95 Å². The highest BCUT2D eigenvalue weighted by Gasteiger charge is 2.38. The predicted octanol–water partition coefficient (Wildman–Crippen LogP) is 3.98. The van der Waals surface area contributed by atoms with Crippen molar-refractivity contribution in [3.63, 3.8) is 0 Å². The van der Waals surface area contributed by atoms with Crippen LogP contribution in [-0.2, 0) is 4.79 Å². The fraction of sp³-hybridized carbons (Fsp3) is 0.261. The Morgan fingerprint density at radius 1 is 1.03 bits per heavy atom. The Morgan fingerprint density at radius 2 is 1.83 bits per heavy atom. The highest BCUT2D eigenvalue weighted by molar-refractivity contribution is 5.99. The molecule has 2 aromatic carbocycles. The Bertz CT molecular complexity index is 1150. The Morgan fingerprint density at radius 3 is 2.60 bits per heavy atom. The molecule has 7 heteroatoms. The number of hydrogen-bond acceptors (Lipinski definition) is 6. The first-order valence-corrected chi connectivity index (χ1v) is 9.96. The summed E-state index contributed by atoms with van der Waals surface area (Å²) in [6.45, 7) is 0. The maximum atomic E-state index is 13.0. The molecule has 1 N–H and O–H groups in total. The van der Waals surface area contributed by atoms with Crippen LogP contribution < -0.4 is 14.8 Å². The summed E-state index contributed by atoms with van der Waals surface area (Å²) in [4.78, 5) is 17.7. The first-order chi connectivity index (χ1) is 14.7. The summed E-state index contributed by atoms with van der Waals surface area (Å²) in [6, 6.07) is 15.0. The molecule has 1 atom stereocenters. The summed E-state index contributed by atoms with van der Waals surface area (Å²) in [5, 5.41) is 8.16. The Hall–Kier alpha value is -3.61. The summed E-state index contributed by atoms with van der Waals surface area (Å²) in [7, 11) is 3.28. The monoisotopic (exact) mass is 402 g/mol. The molecule has 0 amide bonds. The summed E-state index contributed by atoms with van der Waals surface area (Å²) in [5.41, 5.74) is 3.46. The van der Waals surface area contributed by atoms with Crippen molar-refractivity contribution in [2.24, 2.45) is 0 Å². The van der Waals surface area contributed by atoms with Gasteiger partial charge >= 0.3 is 0 Å². The van der Waals surface area contributed by atoms with Crippen LogP contribution in [-0.4, -0.2) is 34.8 Å². The Kier molecular flexibility index (Phi) is 4.50. The minimum atomic E-state index is -0.375. The number of anilines is 1. The molecule has 0 saturated heterocycles. The zero-order valence-corrected chi connectivity index (χ0v) is 16.9. The van der Waals surface area contributed by atoms with Crippen LogP contribution in [0.25, 0.3) is 11.4 Å². The molecular formula is C23H22N4O3. The first kappa shape index (κ1) is 18.4. The lowest BCUT2D eigenvalue weighted by Gasteiger charge is -2.32. The van der Waals surface area contributed by atoms with Crippen molar-refractivity contribution in [2.75, 3.05) is 19.5 Å². The highest BCUT2D eigenvalue weighted by atomic mass is 16.5. The summed E-state index contributed by atoms with van der Waals surface area (Å²) >= 11 is 0. The molecule has 0 fully saturated rings. The number of para-hydroxylation sites is 1. The summed E-state index contributed by atoms with van der Waals surface area (Å²) in [5.74, 6) is 2.86. The SMILES string of the molecule is COc1ccc(-c2nc3n(n2)[C@H](c2ccccc2OC)C2=C(CCCC2=O)N3)cc1. The van der Waals surface area contributed by atoms with Gasteiger partial charge in [-0.25, -0.2) is 4.68 Å². The number of fused-ring (bicyclic) bond motifs is 1. The lowest BCUT2D eigenvalue weighted by molar-refractivity contribution is -0.116. The standard InChI is InChI=1S/C23H22N4O3/c1-29-15-12-10-14(11-13-15)22-25-23-24-17-7-5-8-18(28)20(17)21(27(23)26-22)16-6-3-4-9-19(16)30-2/h3-4,6,9-13,21H,5,7-8H2,1-2H3,(H,24,25,26)/t21-/m1/s1. The van der Waals surface area contributed by atoms with Gasteiger partial charge in [0, 0.05) is 28.8 Å². The van der Waals surface area contributed by atoms with Gasteiger partial charge in [-0.1, -0.05) is 18.2 Å². The maximum Gasteiger partial charge on any atom is 0.226 e. The van der Waals surface area contributed by atoms with Crippen molar-refractivity contribution in [1.29, 1.82) is 0 Å². The van der Waals surface area contributed by atoms with Crippen molar-refractivity contribution in [3.05, 3.63) is 65.4 Å². The van der Waals surface area contributed by atoms with Gasteiger partial charge in [-0.3, -0.25) is 4.79 Å². The fourth-order valence-electron chi connectivity index (χ4n) is 4.20. The second-order valence-corrected chi connectivity index (χ2v) is 7.37. The lowest BCUT2D eigenvalue weighted by atomic mass is 9.85. The van der Waals surface area contributed by atoms with Gasteiger partial charge in [0.15, 0.2) is 11.6 Å². The van der Waals surface area contributed by atoms with Gasteiger partial charge in [-0.05, 0) is 43.2 Å². The zero-order valence-electron chi connectivity index (χ0n) is 16.9. The molecule has 1 aliphatic heterocycles. The number of ether oxygens (including phenoxy) is 2. The number of allylic oxidation sites excluding steroid dienone is 2. The van der Waals surface area contributed by atoms with Gasteiger partial charge in [0.25, 0.3) is 0 Å². The molecule has 2 heterocycles. The van der Waals surface area contributed by atoms with Gasteiger partial charge in [-0.2, -0.15) is 4.98 Å². The number of ketones is 1. The topological polar surface area (TPSA) is 78.3 Å². The predicted molar refractivity (Wildman–Crippen MR) is 113 cm³/mol. The molecule has 30 heavy (non-hydrogen) atoms. The van der Waals surface area contributed by atoms with E-state index in [-0.39, 0.29) is 11.8 Å². The van der Waals surface area contributed by atoms with Gasteiger partial charge in [0.2, 0.25) is 5.95 Å². The molecule has 1 aliphatic carbocycles. The van der Waals surface area contributed by atoms with Gasteiger partial charge in [0.05, 0.1) is 14.2 Å². The number of carbonyl (C=O) groups is 1. The third-order valence-corrected chi connectivity index (χ3v) is 5.65. The fourth-order valence-corrected chi connectivity index (χ4v) is 4.20. The van der Waals surface area contributed by atoms with E-state index in [1.54, 1.807) is 18.9 Å². The third-order valence-electron chi connectivity index (χ3n) is 5.65. The van der Waals surface area contributed by atoms with Crippen LogP contribution >= 0.6 is 0 Å². The van der Waals surface area contributed by atoms with Crippen molar-refractivity contribution in [1.82, 2.24) is 14.8 Å². The van der Waals surface area contributed by atoms with Gasteiger partial charge < -0.3 is 14.8 Å². The molecule has 0 radical (unpaired) electrons. The van der Waals surface area contributed by atoms with Crippen molar-refractivity contribution in [2.45, 2.75) is 25.3 Å². The van der Waals surface area contributed by atoms with Crippen LogP contribution in [0.1, 0.15) is 30.9 Å². The van der Waals surface area contributed by atoms with Crippen LogP contribution in [0.3, 0.4) is 0 Å². The van der Waals surface area contributed by atoms with E-state index in [0.29, 0.717) is 18.2 Å². The lowest BCUT2D eigenvalue weighted by Crippen LogP contribution is -2.31. The summed E-state index contributed by atoms with van der Waals surface area (Å²) < 4.78 is 12.7. The highest BCUT2D eigenvalue weighted by Crippen LogP contribution is 2.43. The van der Waals surface area contributed by atoms with E-state index >= 15 is 0 Å². The molecule has 7 nitrogen and oxygen atoms in total. The van der Waals surface area contributed by atoms with E-state index < -0.39 is 0 Å². The smallest absolute Gasteiger partial charge is 0.226 e. The molecule has 3 aromatic rings. The second-order valence-electron chi connectivity index (χ2n) is 7.37.